The largest absolute Gasteiger partial charge is 0.489 e. The van der Waals surface area contributed by atoms with E-state index in [2.05, 4.69) is 28.0 Å². The highest BCUT2D eigenvalue weighted by molar-refractivity contribution is 5.85. The number of anilines is 1. The Bertz CT molecular complexity index is 1390. The lowest BCUT2D eigenvalue weighted by Crippen LogP contribution is -2.27. The van der Waals surface area contributed by atoms with Crippen molar-refractivity contribution in [1.29, 1.82) is 5.26 Å². The number of hydrogen-bond acceptors (Lipinski definition) is 8. The fraction of sp³-hybridized carbons (Fsp3) is 0.333. The van der Waals surface area contributed by atoms with Crippen LogP contribution in [0.25, 0.3) is 16.6 Å². The Morgan fingerprint density at radius 1 is 1.17 bits per heavy atom. The van der Waals surface area contributed by atoms with Crippen LogP contribution in [-0.2, 0) is 0 Å². The number of aromatic nitrogens is 4. The molecule has 1 aliphatic rings. The molecule has 5 heterocycles. The first kappa shape index (κ1) is 23.6. The summed E-state index contributed by atoms with van der Waals surface area (Å²) in [4.78, 5) is 11.2. The summed E-state index contributed by atoms with van der Waals surface area (Å²) in [5.74, 6) is 2.35. The third-order valence-corrected chi connectivity index (χ3v) is 6.14. The Labute approximate surface area is 209 Å². The zero-order valence-corrected chi connectivity index (χ0v) is 20.5. The topological polar surface area (TPSA) is 109 Å². The number of pyridine rings is 3. The summed E-state index contributed by atoms with van der Waals surface area (Å²) in [6, 6.07) is 13.7. The zero-order chi connectivity index (χ0) is 25.3. The molecular weight excluding hydrogens is 456 g/mol. The van der Waals surface area contributed by atoms with E-state index in [4.69, 9.17) is 14.5 Å². The van der Waals surface area contributed by atoms with Gasteiger partial charge in [0, 0.05) is 42.0 Å². The first-order chi connectivity index (χ1) is 17.3. The van der Waals surface area contributed by atoms with E-state index in [0.717, 1.165) is 30.0 Å². The Morgan fingerprint density at radius 2 is 2.03 bits per heavy atom. The molecule has 1 N–H and O–H groups in total. The lowest BCUT2D eigenvalue weighted by atomic mass is 10.1. The van der Waals surface area contributed by atoms with Crippen molar-refractivity contribution in [1.82, 2.24) is 19.6 Å². The Balaban J connectivity index is 1.40. The quantitative estimate of drug-likeness (QED) is 0.423. The van der Waals surface area contributed by atoms with Gasteiger partial charge in [-0.3, -0.25) is 0 Å². The van der Waals surface area contributed by atoms with Gasteiger partial charge in [-0.05, 0) is 38.1 Å². The van der Waals surface area contributed by atoms with E-state index < -0.39 is 5.60 Å². The van der Waals surface area contributed by atoms with Gasteiger partial charge in [0.15, 0.2) is 0 Å². The summed E-state index contributed by atoms with van der Waals surface area (Å²) in [5.41, 5.74) is 1.78. The minimum absolute atomic E-state index is 0.0237. The van der Waals surface area contributed by atoms with Gasteiger partial charge in [-0.2, -0.15) is 10.4 Å². The summed E-state index contributed by atoms with van der Waals surface area (Å²) < 4.78 is 13.6. The van der Waals surface area contributed by atoms with Gasteiger partial charge < -0.3 is 19.5 Å². The van der Waals surface area contributed by atoms with Crippen LogP contribution < -0.4 is 14.4 Å². The van der Waals surface area contributed by atoms with Gasteiger partial charge in [0.1, 0.15) is 30.3 Å². The number of aliphatic hydroxyl groups is 1. The van der Waals surface area contributed by atoms with Crippen molar-refractivity contribution in [3.63, 3.8) is 0 Å². The molecule has 0 amide bonds. The van der Waals surface area contributed by atoms with Crippen molar-refractivity contribution in [2.24, 2.45) is 5.92 Å². The van der Waals surface area contributed by atoms with Gasteiger partial charge in [0.2, 0.25) is 5.88 Å². The molecule has 0 spiro atoms. The van der Waals surface area contributed by atoms with Crippen LogP contribution in [0.15, 0.2) is 61.2 Å². The number of fused-ring (bicyclic) bond motifs is 1. The molecule has 1 aliphatic heterocycles. The van der Waals surface area contributed by atoms with Gasteiger partial charge >= 0.3 is 0 Å². The van der Waals surface area contributed by atoms with Crippen LogP contribution in [0.1, 0.15) is 26.3 Å². The molecule has 5 rings (SSSR count). The number of ether oxygens (including phenoxy) is 2. The van der Waals surface area contributed by atoms with Crippen molar-refractivity contribution in [2.75, 3.05) is 24.6 Å². The average Bonchev–Trinajstić information content (AvgIpc) is 3.45. The standard InChI is InChI=1S/C27H28N6O3/c1-18-14-32(16-23(18)36-25-6-4-5-9-29-25)24-8-7-19(12-30-24)22-10-21(35-17-27(2,3)34)15-33-26(22)20(11-28)13-31-33/h4-10,12-13,15,18,23,34H,14,16-17H2,1-3H3. The molecule has 2 atom stereocenters. The highest BCUT2D eigenvalue weighted by Crippen LogP contribution is 2.32. The van der Waals surface area contributed by atoms with Crippen LogP contribution in [-0.4, -0.2) is 56.1 Å². The van der Waals surface area contributed by atoms with Gasteiger partial charge in [-0.1, -0.05) is 13.0 Å². The van der Waals surface area contributed by atoms with Gasteiger partial charge in [0.25, 0.3) is 0 Å². The van der Waals surface area contributed by atoms with Crippen molar-refractivity contribution in [2.45, 2.75) is 32.5 Å². The first-order valence-electron chi connectivity index (χ1n) is 11.9. The molecule has 0 saturated carbocycles. The minimum atomic E-state index is -0.981. The van der Waals surface area contributed by atoms with Crippen molar-refractivity contribution >= 4 is 11.3 Å². The predicted octanol–water partition coefficient (Wildman–Crippen LogP) is 3.72. The minimum Gasteiger partial charge on any atom is -0.489 e. The van der Waals surface area contributed by atoms with Gasteiger partial charge in [-0.15, -0.1) is 0 Å². The molecule has 184 valence electrons. The highest BCUT2D eigenvalue weighted by Gasteiger charge is 2.32. The number of rotatable bonds is 7. The van der Waals surface area contributed by atoms with Crippen LogP contribution in [0.4, 0.5) is 5.82 Å². The summed E-state index contributed by atoms with van der Waals surface area (Å²) in [5, 5.41) is 24.0. The van der Waals surface area contributed by atoms with E-state index >= 15 is 0 Å². The van der Waals surface area contributed by atoms with Crippen molar-refractivity contribution in [3.8, 4) is 28.8 Å². The number of hydrogen-bond donors (Lipinski definition) is 1. The lowest BCUT2D eigenvalue weighted by molar-refractivity contribution is 0.0283. The molecular formula is C27H28N6O3. The molecule has 9 heteroatoms. The van der Waals surface area contributed by atoms with Crippen molar-refractivity contribution in [3.05, 3.63) is 66.7 Å². The molecule has 4 aromatic heterocycles. The molecule has 2 unspecified atom stereocenters. The van der Waals surface area contributed by atoms with Crippen LogP contribution in [0.2, 0.25) is 0 Å². The smallest absolute Gasteiger partial charge is 0.213 e. The highest BCUT2D eigenvalue weighted by atomic mass is 16.5. The first-order valence-corrected chi connectivity index (χ1v) is 11.9. The van der Waals surface area contributed by atoms with Crippen LogP contribution in [0.5, 0.6) is 11.6 Å². The molecule has 9 nitrogen and oxygen atoms in total. The normalized spacial score (nSPS) is 17.8. The second-order valence-electron chi connectivity index (χ2n) is 9.77. The maximum Gasteiger partial charge on any atom is 0.213 e. The zero-order valence-electron chi connectivity index (χ0n) is 20.5. The monoisotopic (exact) mass is 484 g/mol. The van der Waals surface area contributed by atoms with Crippen LogP contribution >= 0.6 is 0 Å². The maximum absolute atomic E-state index is 10.1. The van der Waals surface area contributed by atoms with Crippen molar-refractivity contribution < 1.29 is 14.6 Å². The molecule has 36 heavy (non-hydrogen) atoms. The van der Waals surface area contributed by atoms with Crippen LogP contribution in [0.3, 0.4) is 0 Å². The second kappa shape index (κ2) is 9.47. The molecule has 1 saturated heterocycles. The fourth-order valence-electron chi connectivity index (χ4n) is 4.32. The molecule has 4 aromatic rings. The Kier molecular flexibility index (Phi) is 6.20. The predicted molar refractivity (Wildman–Crippen MR) is 135 cm³/mol. The van der Waals surface area contributed by atoms with E-state index in [1.165, 1.54) is 6.20 Å². The summed E-state index contributed by atoms with van der Waals surface area (Å²) >= 11 is 0. The maximum atomic E-state index is 10.1. The molecule has 0 radical (unpaired) electrons. The molecule has 0 bridgehead atoms. The van der Waals surface area contributed by atoms with E-state index in [1.807, 2.05) is 36.4 Å². The number of nitriles is 1. The van der Waals surface area contributed by atoms with Gasteiger partial charge in [-0.25, -0.2) is 14.5 Å². The SMILES string of the molecule is CC1CN(c2ccc(-c3cc(OCC(C)(C)O)cn4ncc(C#N)c34)cn2)CC1Oc1ccccn1. The Hall–Kier alpha value is -4.16. The third-order valence-electron chi connectivity index (χ3n) is 6.14. The van der Waals surface area contributed by atoms with E-state index in [0.29, 0.717) is 28.6 Å². The van der Waals surface area contributed by atoms with Crippen LogP contribution in [0, 0.1) is 17.2 Å². The molecule has 1 fully saturated rings. The van der Waals surface area contributed by atoms with E-state index in [-0.39, 0.29) is 12.7 Å². The third kappa shape index (κ3) is 4.95. The molecule has 0 aliphatic carbocycles. The summed E-state index contributed by atoms with van der Waals surface area (Å²) in [6.45, 7) is 7.20. The van der Waals surface area contributed by atoms with E-state index in [1.54, 1.807) is 37.0 Å². The summed E-state index contributed by atoms with van der Waals surface area (Å²) in [7, 11) is 0. The number of nitrogens with zero attached hydrogens (tertiary/aromatic N) is 6. The fourth-order valence-corrected chi connectivity index (χ4v) is 4.32. The molecule has 0 aromatic carbocycles. The lowest BCUT2D eigenvalue weighted by Gasteiger charge is -2.19. The Morgan fingerprint density at radius 3 is 2.72 bits per heavy atom. The summed E-state index contributed by atoms with van der Waals surface area (Å²) in [6.07, 6.45) is 6.80. The average molecular weight is 485 g/mol. The second-order valence-corrected chi connectivity index (χ2v) is 9.77. The van der Waals surface area contributed by atoms with Gasteiger partial charge in [0.05, 0.1) is 35.6 Å². The van der Waals surface area contributed by atoms with E-state index in [9.17, 15) is 10.4 Å².